The normalized spacial score (nSPS) is 16.8. The van der Waals surface area contributed by atoms with Gasteiger partial charge in [0.15, 0.2) is 0 Å². The molecule has 1 aliphatic heterocycles. The first kappa shape index (κ1) is 14.2. The maximum Gasteiger partial charge on any atom is 0.236 e. The van der Waals surface area contributed by atoms with Crippen molar-refractivity contribution < 1.29 is 9.32 Å². The number of aromatic nitrogens is 1. The van der Waals surface area contributed by atoms with E-state index < -0.39 is 0 Å². The molecule has 110 valence electrons. The van der Waals surface area contributed by atoms with Gasteiger partial charge in [0.2, 0.25) is 5.91 Å². The Kier molecular flexibility index (Phi) is 3.76. The van der Waals surface area contributed by atoms with Crippen molar-refractivity contribution in [2.45, 2.75) is 37.0 Å². The Morgan fingerprint density at radius 1 is 1.43 bits per heavy atom. The molecule has 21 heavy (non-hydrogen) atoms. The highest BCUT2D eigenvalue weighted by Crippen LogP contribution is 2.37. The summed E-state index contributed by atoms with van der Waals surface area (Å²) >= 11 is 1.66. The zero-order valence-electron chi connectivity index (χ0n) is 12.4. The summed E-state index contributed by atoms with van der Waals surface area (Å²) < 4.78 is 5.16. The maximum absolute atomic E-state index is 12.6. The zero-order chi connectivity index (χ0) is 15.0. The summed E-state index contributed by atoms with van der Waals surface area (Å²) in [5.74, 6) is 0.950. The standard InChI is InChI=1S/C16H18N2O2S/c1-10-13(11(2)20-17-10)9-18(3)16(19)15-8-12-6-4-5-7-14(12)21-15/h4-7,15H,8-9H2,1-3H3/t15-/m1/s1. The van der Waals surface area contributed by atoms with E-state index in [0.717, 1.165) is 23.4 Å². The van der Waals surface area contributed by atoms with E-state index in [2.05, 4.69) is 17.3 Å². The molecule has 2 aromatic rings. The zero-order valence-corrected chi connectivity index (χ0v) is 13.2. The molecule has 1 aromatic heterocycles. The molecule has 1 aromatic carbocycles. The second-order valence-electron chi connectivity index (χ2n) is 5.42. The van der Waals surface area contributed by atoms with Crippen molar-refractivity contribution in [2.24, 2.45) is 0 Å². The predicted molar refractivity (Wildman–Crippen MR) is 82.2 cm³/mol. The molecule has 0 radical (unpaired) electrons. The summed E-state index contributed by atoms with van der Waals surface area (Å²) in [5.41, 5.74) is 3.13. The summed E-state index contributed by atoms with van der Waals surface area (Å²) in [4.78, 5) is 15.6. The van der Waals surface area contributed by atoms with Crippen LogP contribution >= 0.6 is 11.8 Å². The summed E-state index contributed by atoms with van der Waals surface area (Å²) in [6.07, 6.45) is 0.811. The van der Waals surface area contributed by atoms with Crippen LogP contribution in [0.15, 0.2) is 33.7 Å². The third-order valence-electron chi connectivity index (χ3n) is 3.88. The molecule has 0 aliphatic carbocycles. The van der Waals surface area contributed by atoms with E-state index in [-0.39, 0.29) is 11.2 Å². The van der Waals surface area contributed by atoms with Crippen LogP contribution in [0.25, 0.3) is 0 Å². The van der Waals surface area contributed by atoms with Gasteiger partial charge in [0, 0.05) is 17.5 Å². The van der Waals surface area contributed by atoms with Gasteiger partial charge < -0.3 is 9.42 Å². The van der Waals surface area contributed by atoms with Crippen LogP contribution in [0.4, 0.5) is 0 Å². The van der Waals surface area contributed by atoms with Crippen LogP contribution in [-0.4, -0.2) is 28.3 Å². The lowest BCUT2D eigenvalue weighted by Crippen LogP contribution is -2.34. The molecule has 0 spiro atoms. The van der Waals surface area contributed by atoms with Gasteiger partial charge in [-0.05, 0) is 31.9 Å². The van der Waals surface area contributed by atoms with Crippen molar-refractivity contribution in [2.75, 3.05) is 7.05 Å². The summed E-state index contributed by atoms with van der Waals surface area (Å²) in [5, 5.41) is 3.92. The van der Waals surface area contributed by atoms with E-state index in [4.69, 9.17) is 4.52 Å². The summed E-state index contributed by atoms with van der Waals surface area (Å²) in [7, 11) is 1.84. The van der Waals surface area contributed by atoms with E-state index in [1.54, 1.807) is 16.7 Å². The molecular weight excluding hydrogens is 284 g/mol. The number of nitrogens with zero attached hydrogens (tertiary/aromatic N) is 2. The second-order valence-corrected chi connectivity index (χ2v) is 6.66. The molecule has 1 atom stereocenters. The maximum atomic E-state index is 12.6. The second kappa shape index (κ2) is 5.56. The largest absolute Gasteiger partial charge is 0.361 e. The van der Waals surface area contributed by atoms with Gasteiger partial charge in [0.25, 0.3) is 0 Å². The Labute approximate surface area is 128 Å². The van der Waals surface area contributed by atoms with Gasteiger partial charge in [0.05, 0.1) is 17.5 Å². The van der Waals surface area contributed by atoms with Crippen molar-refractivity contribution in [3.63, 3.8) is 0 Å². The van der Waals surface area contributed by atoms with E-state index in [9.17, 15) is 4.79 Å². The molecule has 0 saturated heterocycles. The minimum absolute atomic E-state index is 0.0205. The average molecular weight is 302 g/mol. The Balaban J connectivity index is 1.69. The minimum atomic E-state index is -0.0205. The van der Waals surface area contributed by atoms with E-state index in [1.165, 1.54) is 10.5 Å². The van der Waals surface area contributed by atoms with Gasteiger partial charge in [-0.3, -0.25) is 4.79 Å². The van der Waals surface area contributed by atoms with Crippen molar-refractivity contribution >= 4 is 17.7 Å². The Bertz CT molecular complexity index is 636. The lowest BCUT2D eigenvalue weighted by molar-refractivity contribution is -0.129. The molecule has 0 fully saturated rings. The summed E-state index contributed by atoms with van der Waals surface area (Å²) in [6.45, 7) is 4.34. The van der Waals surface area contributed by atoms with Crippen LogP contribution in [0.2, 0.25) is 0 Å². The van der Waals surface area contributed by atoms with Crippen LogP contribution in [0.5, 0.6) is 0 Å². The molecule has 5 heteroatoms. The highest BCUT2D eigenvalue weighted by atomic mass is 32.2. The van der Waals surface area contributed by atoms with Gasteiger partial charge in [-0.25, -0.2) is 0 Å². The molecule has 1 amide bonds. The molecule has 0 unspecified atom stereocenters. The number of benzene rings is 1. The lowest BCUT2D eigenvalue weighted by Gasteiger charge is -2.20. The fraction of sp³-hybridized carbons (Fsp3) is 0.375. The van der Waals surface area contributed by atoms with Gasteiger partial charge >= 0.3 is 0 Å². The number of aryl methyl sites for hydroxylation is 2. The van der Waals surface area contributed by atoms with Crippen LogP contribution in [0.3, 0.4) is 0 Å². The van der Waals surface area contributed by atoms with Crippen molar-refractivity contribution in [3.05, 3.63) is 46.8 Å². The van der Waals surface area contributed by atoms with Crippen LogP contribution in [0.1, 0.15) is 22.6 Å². The fourth-order valence-corrected chi connectivity index (χ4v) is 3.92. The molecule has 0 saturated carbocycles. The Hall–Kier alpha value is -1.75. The van der Waals surface area contributed by atoms with E-state index >= 15 is 0 Å². The number of rotatable bonds is 3. The molecule has 2 heterocycles. The smallest absolute Gasteiger partial charge is 0.236 e. The Morgan fingerprint density at radius 2 is 2.19 bits per heavy atom. The highest BCUT2D eigenvalue weighted by molar-refractivity contribution is 8.01. The van der Waals surface area contributed by atoms with Crippen LogP contribution < -0.4 is 0 Å². The Morgan fingerprint density at radius 3 is 2.86 bits per heavy atom. The first-order chi connectivity index (χ1) is 10.1. The van der Waals surface area contributed by atoms with Gasteiger partial charge in [-0.2, -0.15) is 0 Å². The van der Waals surface area contributed by atoms with Crippen molar-refractivity contribution in [1.82, 2.24) is 10.1 Å². The molecule has 0 N–H and O–H groups in total. The van der Waals surface area contributed by atoms with Crippen molar-refractivity contribution in [3.8, 4) is 0 Å². The quantitative estimate of drug-likeness (QED) is 0.874. The molecule has 0 bridgehead atoms. The average Bonchev–Trinajstić information content (AvgIpc) is 3.04. The topological polar surface area (TPSA) is 46.3 Å². The number of hydrogen-bond acceptors (Lipinski definition) is 4. The number of fused-ring (bicyclic) bond motifs is 1. The fourth-order valence-electron chi connectivity index (χ4n) is 2.61. The van der Waals surface area contributed by atoms with Gasteiger partial charge in [0.1, 0.15) is 5.76 Å². The molecular formula is C16H18N2O2S. The van der Waals surface area contributed by atoms with Crippen LogP contribution in [-0.2, 0) is 17.8 Å². The number of hydrogen-bond donors (Lipinski definition) is 0. The number of thioether (sulfide) groups is 1. The van der Waals surface area contributed by atoms with Crippen molar-refractivity contribution in [1.29, 1.82) is 0 Å². The molecule has 1 aliphatic rings. The number of carbonyl (C=O) groups is 1. The monoisotopic (exact) mass is 302 g/mol. The lowest BCUT2D eigenvalue weighted by atomic mass is 10.1. The predicted octanol–water partition coefficient (Wildman–Crippen LogP) is 2.97. The number of amides is 1. The van der Waals surface area contributed by atoms with E-state index in [1.807, 2.05) is 33.0 Å². The first-order valence-electron chi connectivity index (χ1n) is 6.97. The first-order valence-corrected chi connectivity index (χ1v) is 7.85. The third-order valence-corrected chi connectivity index (χ3v) is 5.18. The summed E-state index contributed by atoms with van der Waals surface area (Å²) in [6, 6.07) is 8.23. The SMILES string of the molecule is Cc1noc(C)c1CN(C)C(=O)[C@H]1Cc2ccccc2S1. The molecule has 4 nitrogen and oxygen atoms in total. The van der Waals surface area contributed by atoms with Gasteiger partial charge in [-0.15, -0.1) is 11.8 Å². The van der Waals surface area contributed by atoms with Crippen LogP contribution in [0, 0.1) is 13.8 Å². The minimum Gasteiger partial charge on any atom is -0.361 e. The number of carbonyl (C=O) groups excluding carboxylic acids is 1. The highest BCUT2D eigenvalue weighted by Gasteiger charge is 2.30. The third kappa shape index (κ3) is 2.70. The molecule has 3 rings (SSSR count). The van der Waals surface area contributed by atoms with Gasteiger partial charge in [-0.1, -0.05) is 23.4 Å². The van der Waals surface area contributed by atoms with E-state index in [0.29, 0.717) is 6.54 Å².